The maximum atomic E-state index is 13.2. The predicted molar refractivity (Wildman–Crippen MR) is 262 cm³/mol. The van der Waals surface area contributed by atoms with Crippen molar-refractivity contribution in [3.05, 3.63) is 144 Å². The summed E-state index contributed by atoms with van der Waals surface area (Å²) in [6, 6.07) is 18.6. The van der Waals surface area contributed by atoms with Gasteiger partial charge in [0.25, 0.3) is 28.6 Å². The van der Waals surface area contributed by atoms with Gasteiger partial charge in [-0.2, -0.15) is 0 Å². The monoisotopic (exact) mass is 1000 g/mol. The van der Waals surface area contributed by atoms with Crippen molar-refractivity contribution in [2.45, 2.75) is 27.2 Å². The SMILES string of the molecule is CCCN(C)C(=O)C(=O)c1c[nH]c2ccc(F)cc12.CCN(C)C(=O)C(=O)c1c[nH]c2ccc(F)cc12.CCNC.Cl.Cl.Fc1ccc2[nH]ccc2c1.O=C(Cl)C(=O)c1c[nH]c2ccc(F)cc12. The Kier molecular flexibility index (Phi) is 22.9. The van der Waals surface area contributed by atoms with E-state index >= 15 is 0 Å². The summed E-state index contributed by atoms with van der Waals surface area (Å²) in [6.45, 7) is 7.80. The highest BCUT2D eigenvalue weighted by atomic mass is 35.5. The molecule has 0 fully saturated rings. The molecule has 4 heterocycles. The number of rotatable bonds is 10. The van der Waals surface area contributed by atoms with Gasteiger partial charge < -0.3 is 35.1 Å². The van der Waals surface area contributed by atoms with Crippen LogP contribution >= 0.6 is 36.4 Å². The number of nitrogens with one attached hydrogen (secondary N) is 5. The minimum atomic E-state index is -1.08. The van der Waals surface area contributed by atoms with Crippen molar-refractivity contribution in [2.24, 2.45) is 0 Å². The van der Waals surface area contributed by atoms with Gasteiger partial charge in [0.05, 0.1) is 16.7 Å². The van der Waals surface area contributed by atoms with E-state index in [1.165, 1.54) is 89.1 Å². The number of carbonyl (C=O) groups is 6. The maximum absolute atomic E-state index is 13.2. The first kappa shape index (κ1) is 57.3. The third kappa shape index (κ3) is 14.9. The topological polar surface area (TPSA) is 184 Å². The molecule has 0 saturated heterocycles. The molecule has 0 radical (unpaired) electrons. The number of hydrogen-bond donors (Lipinski definition) is 5. The van der Waals surface area contributed by atoms with Gasteiger partial charge in [0.15, 0.2) is 0 Å². The molecule has 0 atom stereocenters. The quantitative estimate of drug-likeness (QED) is 0.0391. The summed E-state index contributed by atoms with van der Waals surface area (Å²) in [5.74, 6) is -4.79. The highest BCUT2D eigenvalue weighted by Gasteiger charge is 2.24. The van der Waals surface area contributed by atoms with Gasteiger partial charge in [0.2, 0.25) is 5.78 Å². The molecule has 0 aliphatic rings. The Morgan fingerprint density at radius 3 is 1.28 bits per heavy atom. The summed E-state index contributed by atoms with van der Waals surface area (Å²) in [5.41, 5.74) is 3.32. The summed E-state index contributed by atoms with van der Waals surface area (Å²) in [4.78, 5) is 83.9. The average molecular weight is 1000 g/mol. The minimum absolute atomic E-state index is 0. The third-order valence-electron chi connectivity index (χ3n) is 9.83. The fourth-order valence-corrected chi connectivity index (χ4v) is 6.23. The summed E-state index contributed by atoms with van der Waals surface area (Å²) in [6.07, 6.45) is 6.80. The van der Waals surface area contributed by atoms with Crippen LogP contribution in [0.25, 0.3) is 43.6 Å². The molecule has 0 aliphatic carbocycles. The molecule has 4 aromatic heterocycles. The molecular formula is C48H50Cl3F4N7O6. The lowest BCUT2D eigenvalue weighted by molar-refractivity contribution is -0.125. The van der Waals surface area contributed by atoms with Gasteiger partial charge in [-0.25, -0.2) is 17.6 Å². The molecule has 13 nitrogen and oxygen atoms in total. The maximum Gasteiger partial charge on any atom is 0.294 e. The van der Waals surface area contributed by atoms with Crippen LogP contribution in [0.4, 0.5) is 17.6 Å². The largest absolute Gasteiger partial charge is 0.361 e. The molecule has 20 heteroatoms. The van der Waals surface area contributed by atoms with E-state index in [1.54, 1.807) is 39.3 Å². The van der Waals surface area contributed by atoms with Gasteiger partial charge in [-0.1, -0.05) is 13.8 Å². The fraction of sp³-hybridized carbons (Fsp3) is 0.208. The van der Waals surface area contributed by atoms with E-state index in [4.69, 9.17) is 11.6 Å². The normalized spacial score (nSPS) is 10.1. The molecular weight excluding hydrogens is 953 g/mol. The average Bonchev–Trinajstić information content (AvgIpc) is 4.14. The highest BCUT2D eigenvalue weighted by Crippen LogP contribution is 2.23. The van der Waals surface area contributed by atoms with E-state index in [1.807, 2.05) is 20.0 Å². The van der Waals surface area contributed by atoms with Crippen molar-refractivity contribution in [3.63, 3.8) is 0 Å². The Balaban J connectivity index is 0.000000305. The number of Topliss-reactive ketones (excluding diaryl/α,β-unsaturated/α-hetero) is 3. The fourth-order valence-electron chi connectivity index (χ4n) is 6.13. The lowest BCUT2D eigenvalue weighted by Gasteiger charge is -2.14. The van der Waals surface area contributed by atoms with Crippen LogP contribution in [-0.2, 0) is 14.4 Å². The number of aromatic amines is 4. The number of halogens is 7. The van der Waals surface area contributed by atoms with Crippen molar-refractivity contribution in [2.75, 3.05) is 40.8 Å². The standard InChI is InChI=1S/C14H15FN2O2.C13H13FN2O2.C10H5ClFNO2.C8H6FN.C3H9N.2ClH/c1-3-6-17(2)14(19)13(18)11-8-16-12-5-4-9(15)7-10(11)12;1-3-16(2)13(18)12(17)10-7-15-11-5-4-8(14)6-9(10)11;11-10(15)9(14)7-4-13-8-2-1-5(12)3-6(7)8;9-7-1-2-8-6(5-7)3-4-10-8;1-3-4-2;;/h4-5,7-8,16H,3,6H2,1-2H3;4-7,15H,3H2,1-2H3;1-4,13H;1-5,10H;4H,3H2,1-2H3;2*1H. The molecule has 0 saturated carbocycles. The molecule has 0 aliphatic heterocycles. The smallest absolute Gasteiger partial charge is 0.294 e. The molecule has 0 unspecified atom stereocenters. The van der Waals surface area contributed by atoms with E-state index in [2.05, 4.69) is 32.2 Å². The van der Waals surface area contributed by atoms with E-state index in [0.717, 1.165) is 23.9 Å². The molecule has 4 aromatic carbocycles. The van der Waals surface area contributed by atoms with E-state index in [-0.39, 0.29) is 47.3 Å². The first-order valence-corrected chi connectivity index (χ1v) is 20.8. The number of likely N-dealkylation sites (N-methyl/N-ethyl adjacent to an activating group) is 2. The Morgan fingerprint density at radius 2 is 0.912 bits per heavy atom. The molecule has 5 N–H and O–H groups in total. The Hall–Kier alpha value is -6.79. The first-order valence-electron chi connectivity index (χ1n) is 20.5. The molecule has 8 aromatic rings. The highest BCUT2D eigenvalue weighted by molar-refractivity contribution is 6.83. The summed E-state index contributed by atoms with van der Waals surface area (Å²) in [5, 5.41) is 3.98. The summed E-state index contributed by atoms with van der Waals surface area (Å²) in [7, 11) is 5.06. The number of amides is 2. The lowest BCUT2D eigenvalue weighted by atomic mass is 10.1. The number of fused-ring (bicyclic) bond motifs is 4. The van der Waals surface area contributed by atoms with Gasteiger partial charge in [0, 0.05) is 95.6 Å². The van der Waals surface area contributed by atoms with Crippen LogP contribution < -0.4 is 5.32 Å². The number of benzene rings is 4. The van der Waals surface area contributed by atoms with Gasteiger partial charge in [-0.05, 0) is 117 Å². The second-order valence-corrected chi connectivity index (χ2v) is 14.7. The van der Waals surface area contributed by atoms with E-state index in [0.29, 0.717) is 45.8 Å². The van der Waals surface area contributed by atoms with Crippen molar-refractivity contribution in [1.29, 1.82) is 0 Å². The number of hydrogen-bond acceptors (Lipinski definition) is 7. The second kappa shape index (κ2) is 27.1. The number of aromatic nitrogens is 4. The minimum Gasteiger partial charge on any atom is -0.361 e. The summed E-state index contributed by atoms with van der Waals surface area (Å²) < 4.78 is 51.8. The van der Waals surface area contributed by atoms with Crippen molar-refractivity contribution < 1.29 is 46.3 Å². The molecule has 2 amide bonds. The summed E-state index contributed by atoms with van der Waals surface area (Å²) >= 11 is 5.06. The van der Waals surface area contributed by atoms with Crippen LogP contribution in [0, 0.1) is 23.3 Å². The van der Waals surface area contributed by atoms with Crippen LogP contribution in [-0.4, -0.2) is 105 Å². The third-order valence-corrected chi connectivity index (χ3v) is 10.00. The van der Waals surface area contributed by atoms with Gasteiger partial charge in [0.1, 0.15) is 23.3 Å². The molecule has 68 heavy (non-hydrogen) atoms. The van der Waals surface area contributed by atoms with Crippen LogP contribution in [0.2, 0.25) is 0 Å². The van der Waals surface area contributed by atoms with Crippen LogP contribution in [0.15, 0.2) is 104 Å². The van der Waals surface area contributed by atoms with Crippen LogP contribution in [0.3, 0.4) is 0 Å². The number of H-pyrrole nitrogens is 4. The van der Waals surface area contributed by atoms with Crippen LogP contribution in [0.1, 0.15) is 58.3 Å². The molecule has 8 rings (SSSR count). The number of nitrogens with zero attached hydrogens (tertiary/aromatic N) is 2. The lowest BCUT2D eigenvalue weighted by Crippen LogP contribution is -2.33. The Labute approximate surface area is 405 Å². The molecule has 362 valence electrons. The first-order chi connectivity index (χ1) is 31.4. The Bertz CT molecular complexity index is 3000. The second-order valence-electron chi connectivity index (χ2n) is 14.4. The molecule has 0 bridgehead atoms. The van der Waals surface area contributed by atoms with Crippen molar-refractivity contribution in [3.8, 4) is 0 Å². The van der Waals surface area contributed by atoms with Crippen molar-refractivity contribution in [1.82, 2.24) is 35.1 Å². The predicted octanol–water partition coefficient (Wildman–Crippen LogP) is 9.96. The van der Waals surface area contributed by atoms with Gasteiger partial charge in [-0.15, -0.1) is 24.8 Å². The number of carbonyl (C=O) groups excluding carboxylic acids is 6. The zero-order valence-corrected chi connectivity index (χ0v) is 40.1. The van der Waals surface area contributed by atoms with Crippen LogP contribution in [0.5, 0.6) is 0 Å². The van der Waals surface area contributed by atoms with Gasteiger partial charge >= 0.3 is 0 Å². The van der Waals surface area contributed by atoms with Crippen molar-refractivity contribution >= 4 is 114 Å². The molecule has 0 spiro atoms. The van der Waals surface area contributed by atoms with Gasteiger partial charge in [-0.3, -0.25) is 28.8 Å². The van der Waals surface area contributed by atoms with E-state index in [9.17, 15) is 46.3 Å². The zero-order chi connectivity index (χ0) is 48.7. The van der Waals surface area contributed by atoms with E-state index < -0.39 is 51.9 Å². The Morgan fingerprint density at radius 1 is 0.544 bits per heavy atom. The zero-order valence-electron chi connectivity index (χ0n) is 37.7. The number of ketones is 3.